The molecular formula is C42H42ClNS3. The molecule has 0 aliphatic carbocycles. The Bertz CT molecular complexity index is 2090. The fourth-order valence-electron chi connectivity index (χ4n) is 6.59. The van der Waals surface area contributed by atoms with Gasteiger partial charge in [-0.3, -0.25) is 0 Å². The van der Waals surface area contributed by atoms with E-state index in [1.165, 1.54) is 138 Å². The first-order valence-electron chi connectivity index (χ1n) is 17.2. The summed E-state index contributed by atoms with van der Waals surface area (Å²) in [7, 11) is 0. The summed E-state index contributed by atoms with van der Waals surface area (Å²) in [6.07, 6.45) is 12.8. The van der Waals surface area contributed by atoms with Gasteiger partial charge in [-0.15, -0.1) is 34.0 Å². The molecule has 0 unspecified atom stereocenters. The summed E-state index contributed by atoms with van der Waals surface area (Å²) in [5.74, 6) is 0. The number of hydrogen-bond donors (Lipinski definition) is 1. The highest BCUT2D eigenvalue weighted by Crippen LogP contribution is 2.42. The van der Waals surface area contributed by atoms with Crippen LogP contribution >= 0.6 is 45.6 Å². The van der Waals surface area contributed by atoms with Crippen LogP contribution in [0.1, 0.15) is 75.0 Å². The van der Waals surface area contributed by atoms with Gasteiger partial charge in [0.1, 0.15) is 0 Å². The van der Waals surface area contributed by atoms with Gasteiger partial charge in [0.2, 0.25) is 0 Å². The normalized spacial score (nSPS) is 11.7. The fourth-order valence-corrected chi connectivity index (χ4v) is 9.72. The molecule has 0 aliphatic rings. The number of thiophene rings is 3. The molecule has 4 aromatic heterocycles. The van der Waals surface area contributed by atoms with Crippen LogP contribution in [0.2, 0.25) is 4.34 Å². The Balaban J connectivity index is 1.28. The van der Waals surface area contributed by atoms with Crippen molar-refractivity contribution in [1.82, 2.24) is 4.98 Å². The Morgan fingerprint density at radius 2 is 1.09 bits per heavy atom. The number of nitrogens with one attached hydrogen (secondary N) is 1. The van der Waals surface area contributed by atoms with Crippen LogP contribution in [0.15, 0.2) is 91.0 Å². The van der Waals surface area contributed by atoms with Crippen molar-refractivity contribution in [3.63, 3.8) is 0 Å². The molecule has 5 heteroatoms. The molecule has 0 saturated heterocycles. The summed E-state index contributed by atoms with van der Waals surface area (Å²) in [6.45, 7) is 4.56. The van der Waals surface area contributed by atoms with Gasteiger partial charge in [0.05, 0.1) is 9.85 Å². The predicted molar refractivity (Wildman–Crippen MR) is 212 cm³/mol. The van der Waals surface area contributed by atoms with Gasteiger partial charge in [-0.05, 0) is 109 Å². The third-order valence-corrected chi connectivity index (χ3v) is 12.9. The number of aromatic nitrogens is 1. The number of hydrogen-bond acceptors (Lipinski definition) is 3. The molecule has 47 heavy (non-hydrogen) atoms. The summed E-state index contributed by atoms with van der Waals surface area (Å²) < 4.78 is 0.822. The standard InChI is InChI=1S/C42H42ClNS3/c1-3-5-7-9-11-32-18-21-39(45-32)30-17-20-37-35(25-30)36-27-31(40-22-19-33(46-40)12-10-8-6-4-2)26-34(42(36)44-37)28-13-15-29(16-14-28)38-23-24-41(43)47-38/h13-27,44H,3-12H2,1-2H3. The molecule has 7 rings (SSSR count). The number of H-pyrrole nitrogens is 1. The van der Waals surface area contributed by atoms with Crippen molar-refractivity contribution in [3.8, 4) is 42.4 Å². The van der Waals surface area contributed by atoms with Crippen molar-refractivity contribution >= 4 is 67.4 Å². The van der Waals surface area contributed by atoms with E-state index in [0.29, 0.717) is 0 Å². The Kier molecular flexibility index (Phi) is 10.3. The minimum absolute atomic E-state index is 0.822. The average molecular weight is 692 g/mol. The van der Waals surface area contributed by atoms with Crippen molar-refractivity contribution in [2.24, 2.45) is 0 Å². The Labute approximate surface area is 296 Å². The maximum absolute atomic E-state index is 6.26. The van der Waals surface area contributed by atoms with Crippen LogP contribution in [-0.4, -0.2) is 4.98 Å². The maximum atomic E-state index is 6.26. The minimum Gasteiger partial charge on any atom is -0.354 e. The van der Waals surface area contributed by atoms with E-state index in [1.807, 2.05) is 28.7 Å². The van der Waals surface area contributed by atoms with Crippen LogP contribution in [0.25, 0.3) is 64.3 Å². The number of unbranched alkanes of at least 4 members (excludes halogenated alkanes) is 6. The lowest BCUT2D eigenvalue weighted by atomic mass is 9.97. The first-order valence-corrected chi connectivity index (χ1v) is 20.1. The summed E-state index contributed by atoms with van der Waals surface area (Å²) in [4.78, 5) is 10.7. The quantitative estimate of drug-likeness (QED) is 0.109. The average Bonchev–Trinajstić information content (AvgIpc) is 3.91. The first-order chi connectivity index (χ1) is 23.1. The van der Waals surface area contributed by atoms with E-state index >= 15 is 0 Å². The van der Waals surface area contributed by atoms with Gasteiger partial charge in [-0.1, -0.05) is 94.3 Å². The van der Waals surface area contributed by atoms with E-state index in [-0.39, 0.29) is 0 Å². The molecule has 0 amide bonds. The van der Waals surface area contributed by atoms with Crippen LogP contribution in [-0.2, 0) is 12.8 Å². The SMILES string of the molecule is CCCCCCc1ccc(-c2ccc3[nH]c4c(-c5ccc(-c6ccc(Cl)s6)cc5)cc(-c5ccc(CCCCCC)s5)cc4c3c2)s1. The smallest absolute Gasteiger partial charge is 0.0934 e. The van der Waals surface area contributed by atoms with Crippen molar-refractivity contribution in [1.29, 1.82) is 0 Å². The van der Waals surface area contributed by atoms with Crippen LogP contribution in [0.3, 0.4) is 0 Å². The fraction of sp³-hybridized carbons (Fsp3) is 0.286. The third kappa shape index (κ3) is 7.32. The summed E-state index contributed by atoms with van der Waals surface area (Å²) in [5, 5.41) is 2.58. The van der Waals surface area contributed by atoms with Crippen LogP contribution in [0, 0.1) is 0 Å². The van der Waals surface area contributed by atoms with Crippen LogP contribution in [0.4, 0.5) is 0 Å². The number of halogens is 1. The molecule has 0 radical (unpaired) electrons. The molecule has 1 N–H and O–H groups in total. The molecule has 0 bridgehead atoms. The summed E-state index contributed by atoms with van der Waals surface area (Å²) >= 11 is 11.8. The van der Waals surface area contributed by atoms with E-state index in [1.54, 1.807) is 11.3 Å². The Hall–Kier alpha value is -3.15. The van der Waals surface area contributed by atoms with Crippen molar-refractivity contribution < 1.29 is 0 Å². The molecule has 0 spiro atoms. The lowest BCUT2D eigenvalue weighted by molar-refractivity contribution is 0.670. The van der Waals surface area contributed by atoms with E-state index in [4.69, 9.17) is 11.6 Å². The van der Waals surface area contributed by atoms with Crippen molar-refractivity contribution in [3.05, 3.63) is 105 Å². The van der Waals surface area contributed by atoms with Gasteiger partial charge in [-0.2, -0.15) is 0 Å². The second-order valence-electron chi connectivity index (χ2n) is 12.7. The van der Waals surface area contributed by atoms with Crippen LogP contribution in [0.5, 0.6) is 0 Å². The lowest BCUT2D eigenvalue weighted by Gasteiger charge is -2.09. The predicted octanol–water partition coefficient (Wildman–Crippen LogP) is 15.1. The van der Waals surface area contributed by atoms with E-state index < -0.39 is 0 Å². The number of fused-ring (bicyclic) bond motifs is 3. The van der Waals surface area contributed by atoms with Crippen LogP contribution < -0.4 is 0 Å². The third-order valence-electron chi connectivity index (χ3n) is 9.21. The number of aryl methyl sites for hydroxylation is 2. The molecular weight excluding hydrogens is 650 g/mol. The van der Waals surface area contributed by atoms with Crippen molar-refractivity contribution in [2.75, 3.05) is 0 Å². The van der Waals surface area contributed by atoms with Crippen molar-refractivity contribution in [2.45, 2.75) is 78.1 Å². The van der Waals surface area contributed by atoms with Gasteiger partial charge in [-0.25, -0.2) is 0 Å². The van der Waals surface area contributed by atoms with Gasteiger partial charge in [0, 0.05) is 46.2 Å². The van der Waals surface area contributed by atoms with Gasteiger partial charge in [0.15, 0.2) is 0 Å². The monoisotopic (exact) mass is 691 g/mol. The molecule has 4 heterocycles. The van der Waals surface area contributed by atoms with E-state index in [9.17, 15) is 0 Å². The largest absolute Gasteiger partial charge is 0.354 e. The molecule has 0 saturated carbocycles. The second-order valence-corrected chi connectivity index (χ2v) is 16.7. The van der Waals surface area contributed by atoms with Gasteiger partial charge < -0.3 is 4.98 Å². The molecule has 7 aromatic rings. The molecule has 0 atom stereocenters. The molecule has 3 aromatic carbocycles. The number of benzene rings is 3. The highest BCUT2D eigenvalue weighted by atomic mass is 35.5. The highest BCUT2D eigenvalue weighted by Gasteiger charge is 2.16. The second kappa shape index (κ2) is 15.0. The van der Waals surface area contributed by atoms with Gasteiger partial charge >= 0.3 is 0 Å². The van der Waals surface area contributed by atoms with E-state index in [2.05, 4.69) is 104 Å². The Morgan fingerprint density at radius 3 is 1.72 bits per heavy atom. The van der Waals surface area contributed by atoms with E-state index in [0.717, 1.165) is 4.34 Å². The molecule has 240 valence electrons. The summed E-state index contributed by atoms with van der Waals surface area (Å²) in [6, 6.07) is 34.2. The highest BCUT2D eigenvalue weighted by molar-refractivity contribution is 7.19. The first kappa shape index (κ1) is 32.4. The lowest BCUT2D eigenvalue weighted by Crippen LogP contribution is -1.84. The zero-order valence-corrected chi connectivity index (χ0v) is 30.5. The number of rotatable bonds is 14. The van der Waals surface area contributed by atoms with Gasteiger partial charge in [0.25, 0.3) is 0 Å². The summed E-state index contributed by atoms with van der Waals surface area (Å²) in [5.41, 5.74) is 8.65. The maximum Gasteiger partial charge on any atom is 0.0934 e. The topological polar surface area (TPSA) is 15.8 Å². The number of aromatic amines is 1. The zero-order chi connectivity index (χ0) is 32.2. The minimum atomic E-state index is 0.822. The Morgan fingerprint density at radius 1 is 0.511 bits per heavy atom. The zero-order valence-electron chi connectivity index (χ0n) is 27.3. The molecule has 1 nitrogen and oxygen atoms in total. The molecule has 0 aliphatic heterocycles. The molecule has 0 fully saturated rings.